The van der Waals surface area contributed by atoms with E-state index < -0.39 is 23.8 Å². The number of anilines is 1. The Labute approximate surface area is 252 Å². The smallest absolute Gasteiger partial charge is 0.408 e. The van der Waals surface area contributed by atoms with Gasteiger partial charge in [0.25, 0.3) is 5.91 Å². The topological polar surface area (TPSA) is 108 Å². The van der Waals surface area contributed by atoms with E-state index in [2.05, 4.69) is 17.6 Å². The molecule has 2 unspecified atom stereocenters. The molecule has 0 saturated carbocycles. The van der Waals surface area contributed by atoms with Gasteiger partial charge >= 0.3 is 6.09 Å². The second-order valence-electron chi connectivity index (χ2n) is 12.5. The second kappa shape index (κ2) is 16.2. The number of carbonyl (C=O) groups excluding carboxylic acids is 3. The fourth-order valence-electron chi connectivity index (χ4n) is 4.97. The second-order valence-corrected chi connectivity index (χ2v) is 12.5. The number of aryl methyl sites for hydroxylation is 2. The quantitative estimate of drug-likeness (QED) is 0.201. The molecular weight excluding hydrogens is 530 g/mol. The maximum Gasteiger partial charge on any atom is 0.408 e. The molecule has 2 atom stereocenters. The first-order chi connectivity index (χ1) is 19.7. The number of carbonyl (C=O) groups is 3. The molecule has 3 amide bonds. The molecule has 0 spiro atoms. The zero-order valence-electron chi connectivity index (χ0n) is 26.8. The predicted octanol–water partition coefficient (Wildman–Crippen LogP) is 7.43. The van der Waals surface area contributed by atoms with Crippen molar-refractivity contribution in [2.75, 3.05) is 11.9 Å². The Hall–Kier alpha value is -3.55. The Kier molecular flexibility index (Phi) is 13.4. The van der Waals surface area contributed by atoms with Crippen LogP contribution in [0.3, 0.4) is 0 Å². The number of hydrogen-bond donors (Lipinski definition) is 3. The van der Waals surface area contributed by atoms with Gasteiger partial charge in [-0.2, -0.15) is 0 Å². The average Bonchev–Trinajstić information content (AvgIpc) is 2.88. The summed E-state index contributed by atoms with van der Waals surface area (Å²) in [7, 11) is 0. The lowest BCUT2D eigenvalue weighted by Gasteiger charge is -2.35. The van der Waals surface area contributed by atoms with Gasteiger partial charge in [0.05, 0.1) is 0 Å². The minimum absolute atomic E-state index is 0.00155. The molecule has 0 aliphatic rings. The first-order valence-corrected chi connectivity index (χ1v) is 15.2. The van der Waals surface area contributed by atoms with Gasteiger partial charge < -0.3 is 25.4 Å². The number of nitrogens with zero attached hydrogens (tertiary/aromatic N) is 1. The maximum atomic E-state index is 14.4. The normalized spacial score (nSPS) is 12.9. The summed E-state index contributed by atoms with van der Waals surface area (Å²) in [4.78, 5) is 43.0. The van der Waals surface area contributed by atoms with Gasteiger partial charge in [-0.25, -0.2) is 4.79 Å². The van der Waals surface area contributed by atoms with Crippen molar-refractivity contribution in [3.05, 3.63) is 59.2 Å². The summed E-state index contributed by atoms with van der Waals surface area (Å²) >= 11 is 0. The number of ether oxygens (including phenoxy) is 1. The standard InChI is InChI=1S/C34H51N3O5/c1-9-10-11-12-13-20-37(32(40)28(21-23(2)3)35-33(41)42-34(6,7)8)30(26-18-15-19-27(38)22-26)31(39)36-29-24(4)16-14-17-25(29)5/h14-19,22-23,28,30,38H,9-13,20-21H2,1-8H3,(H,35,41)(H,36,39). The maximum absolute atomic E-state index is 14.4. The van der Waals surface area contributed by atoms with Crippen LogP contribution in [0.4, 0.5) is 10.5 Å². The van der Waals surface area contributed by atoms with Gasteiger partial charge in [0.2, 0.25) is 5.91 Å². The summed E-state index contributed by atoms with van der Waals surface area (Å²) in [6.07, 6.45) is 4.48. The Balaban J connectivity index is 2.57. The summed E-state index contributed by atoms with van der Waals surface area (Å²) in [5, 5.41) is 16.2. The fourth-order valence-corrected chi connectivity index (χ4v) is 4.97. The highest BCUT2D eigenvalue weighted by molar-refractivity contribution is 6.00. The van der Waals surface area contributed by atoms with Gasteiger partial charge in [0.15, 0.2) is 0 Å². The van der Waals surface area contributed by atoms with Gasteiger partial charge in [-0.3, -0.25) is 9.59 Å². The molecule has 0 saturated heterocycles. The van der Waals surface area contributed by atoms with Gasteiger partial charge in [-0.1, -0.05) is 76.8 Å². The van der Waals surface area contributed by atoms with Crippen molar-refractivity contribution in [3.8, 4) is 5.75 Å². The zero-order chi connectivity index (χ0) is 31.4. The highest BCUT2D eigenvalue weighted by Gasteiger charge is 2.36. The van der Waals surface area contributed by atoms with Crippen LogP contribution < -0.4 is 10.6 Å². The van der Waals surface area contributed by atoms with Crippen molar-refractivity contribution < 1.29 is 24.2 Å². The molecule has 42 heavy (non-hydrogen) atoms. The number of phenolic OH excluding ortho intramolecular Hbond substituents is 1. The first kappa shape index (κ1) is 34.7. The minimum Gasteiger partial charge on any atom is -0.508 e. The van der Waals surface area contributed by atoms with Crippen LogP contribution in [-0.4, -0.2) is 46.1 Å². The fraction of sp³-hybridized carbons (Fsp3) is 0.559. The van der Waals surface area contributed by atoms with Gasteiger partial charge in [0.1, 0.15) is 23.4 Å². The molecule has 8 nitrogen and oxygen atoms in total. The molecule has 0 heterocycles. The molecule has 0 bridgehead atoms. The van der Waals surface area contributed by atoms with E-state index in [1.165, 1.54) is 12.1 Å². The lowest BCUT2D eigenvalue weighted by atomic mass is 9.98. The van der Waals surface area contributed by atoms with Crippen molar-refractivity contribution in [1.29, 1.82) is 0 Å². The molecule has 2 aromatic carbocycles. The molecule has 0 aliphatic carbocycles. The highest BCUT2D eigenvalue weighted by Crippen LogP contribution is 2.29. The molecule has 2 aromatic rings. The van der Waals surface area contributed by atoms with E-state index in [4.69, 9.17) is 4.74 Å². The lowest BCUT2D eigenvalue weighted by molar-refractivity contribution is -0.141. The van der Waals surface area contributed by atoms with Crippen molar-refractivity contribution in [1.82, 2.24) is 10.2 Å². The van der Waals surface area contributed by atoms with E-state index in [0.717, 1.165) is 36.8 Å². The summed E-state index contributed by atoms with van der Waals surface area (Å²) in [5.41, 5.74) is 2.25. The van der Waals surface area contributed by atoms with Crippen molar-refractivity contribution in [3.63, 3.8) is 0 Å². The third-order valence-corrected chi connectivity index (χ3v) is 6.96. The Bertz CT molecular complexity index is 1170. The monoisotopic (exact) mass is 581 g/mol. The van der Waals surface area contributed by atoms with E-state index in [0.29, 0.717) is 30.6 Å². The Morgan fingerprint density at radius 2 is 1.57 bits per heavy atom. The van der Waals surface area contributed by atoms with Crippen LogP contribution in [0.2, 0.25) is 0 Å². The predicted molar refractivity (Wildman–Crippen MR) is 168 cm³/mol. The van der Waals surface area contributed by atoms with E-state index in [9.17, 15) is 19.5 Å². The van der Waals surface area contributed by atoms with Crippen LogP contribution in [0.5, 0.6) is 5.75 Å². The molecule has 8 heteroatoms. The number of unbranched alkanes of at least 4 members (excludes halogenated alkanes) is 4. The number of aromatic hydroxyl groups is 1. The van der Waals surface area contributed by atoms with Crippen molar-refractivity contribution in [2.24, 2.45) is 5.92 Å². The molecular formula is C34H51N3O5. The van der Waals surface area contributed by atoms with Crippen molar-refractivity contribution >= 4 is 23.6 Å². The number of para-hydroxylation sites is 1. The van der Waals surface area contributed by atoms with Crippen LogP contribution in [0.25, 0.3) is 0 Å². The van der Waals surface area contributed by atoms with Crippen LogP contribution in [0.15, 0.2) is 42.5 Å². The molecule has 2 rings (SSSR count). The van der Waals surface area contributed by atoms with E-state index in [1.807, 2.05) is 45.9 Å². The number of rotatable bonds is 14. The lowest BCUT2D eigenvalue weighted by Crippen LogP contribution is -2.53. The van der Waals surface area contributed by atoms with Crippen LogP contribution in [0, 0.1) is 19.8 Å². The van der Waals surface area contributed by atoms with E-state index in [1.54, 1.807) is 37.8 Å². The molecule has 0 aliphatic heterocycles. The number of phenols is 1. The van der Waals surface area contributed by atoms with Crippen LogP contribution in [-0.2, 0) is 14.3 Å². The third-order valence-electron chi connectivity index (χ3n) is 6.96. The van der Waals surface area contributed by atoms with E-state index in [-0.39, 0.29) is 23.5 Å². The Morgan fingerprint density at radius 3 is 2.14 bits per heavy atom. The summed E-state index contributed by atoms with van der Waals surface area (Å²) < 4.78 is 5.49. The molecule has 232 valence electrons. The average molecular weight is 582 g/mol. The summed E-state index contributed by atoms with van der Waals surface area (Å²) in [5.74, 6) is -0.670. The molecule has 0 radical (unpaired) electrons. The highest BCUT2D eigenvalue weighted by atomic mass is 16.6. The zero-order valence-corrected chi connectivity index (χ0v) is 26.8. The third kappa shape index (κ3) is 11.0. The van der Waals surface area contributed by atoms with Gasteiger partial charge in [-0.05, 0) is 82.2 Å². The molecule has 3 N–H and O–H groups in total. The first-order valence-electron chi connectivity index (χ1n) is 15.2. The van der Waals surface area contributed by atoms with Crippen LogP contribution in [0.1, 0.15) is 103 Å². The van der Waals surface area contributed by atoms with Crippen LogP contribution >= 0.6 is 0 Å². The van der Waals surface area contributed by atoms with Gasteiger partial charge in [-0.15, -0.1) is 0 Å². The minimum atomic E-state index is -1.04. The Morgan fingerprint density at radius 1 is 0.952 bits per heavy atom. The van der Waals surface area contributed by atoms with Crippen molar-refractivity contribution in [2.45, 2.75) is 112 Å². The van der Waals surface area contributed by atoms with E-state index >= 15 is 0 Å². The number of benzene rings is 2. The summed E-state index contributed by atoms with van der Waals surface area (Å²) in [6, 6.07) is 10.3. The SMILES string of the molecule is CCCCCCCN(C(=O)C(CC(C)C)NC(=O)OC(C)(C)C)C(C(=O)Nc1c(C)cccc1C)c1cccc(O)c1. The van der Waals surface area contributed by atoms with Gasteiger partial charge in [0, 0.05) is 12.2 Å². The number of nitrogens with one attached hydrogen (secondary N) is 2. The summed E-state index contributed by atoms with van der Waals surface area (Å²) in [6.45, 7) is 15.6. The molecule has 0 fully saturated rings. The largest absolute Gasteiger partial charge is 0.508 e. The number of hydrogen-bond acceptors (Lipinski definition) is 5. The molecule has 0 aromatic heterocycles. The number of amides is 3. The number of alkyl carbamates (subject to hydrolysis) is 1.